The SMILES string of the molecule is c1ccc2c(NCc3nccs3)snc2c1. The first-order valence-corrected chi connectivity index (χ1v) is 6.55. The molecule has 0 spiro atoms. The van der Waals surface area contributed by atoms with Crippen LogP contribution in [0.1, 0.15) is 5.01 Å². The molecule has 2 aromatic heterocycles. The molecule has 5 heteroatoms. The third-order valence-corrected chi connectivity index (χ3v) is 3.88. The van der Waals surface area contributed by atoms with Gasteiger partial charge in [-0.15, -0.1) is 11.3 Å². The third-order valence-electron chi connectivity index (χ3n) is 2.27. The van der Waals surface area contributed by atoms with Gasteiger partial charge in [0.1, 0.15) is 10.0 Å². The number of nitrogens with one attached hydrogen (secondary N) is 1. The Hall–Kier alpha value is -1.46. The zero-order valence-electron chi connectivity index (χ0n) is 8.38. The second-order valence-electron chi connectivity index (χ2n) is 3.31. The van der Waals surface area contributed by atoms with Crippen molar-refractivity contribution >= 4 is 38.8 Å². The molecule has 80 valence electrons. The number of hydrogen-bond donors (Lipinski definition) is 1. The van der Waals surface area contributed by atoms with Crippen molar-refractivity contribution in [1.82, 2.24) is 9.36 Å². The van der Waals surface area contributed by atoms with Crippen LogP contribution in [0.2, 0.25) is 0 Å². The first kappa shape index (κ1) is 9.74. The van der Waals surface area contributed by atoms with E-state index in [-0.39, 0.29) is 0 Å². The largest absolute Gasteiger partial charge is 0.369 e. The first-order valence-electron chi connectivity index (χ1n) is 4.90. The smallest absolute Gasteiger partial charge is 0.117 e. The topological polar surface area (TPSA) is 37.8 Å². The van der Waals surface area contributed by atoms with Gasteiger partial charge < -0.3 is 5.32 Å². The minimum absolute atomic E-state index is 0.768. The molecule has 3 aromatic rings. The molecule has 0 saturated carbocycles. The zero-order valence-corrected chi connectivity index (χ0v) is 10.0. The van der Waals surface area contributed by atoms with E-state index in [1.165, 1.54) is 16.9 Å². The van der Waals surface area contributed by atoms with E-state index < -0.39 is 0 Å². The molecule has 0 saturated heterocycles. The van der Waals surface area contributed by atoms with Crippen molar-refractivity contribution < 1.29 is 0 Å². The molecule has 1 aromatic carbocycles. The molecular weight excluding hydrogens is 238 g/mol. The fourth-order valence-electron chi connectivity index (χ4n) is 1.51. The maximum Gasteiger partial charge on any atom is 0.117 e. The van der Waals surface area contributed by atoms with Crippen LogP contribution in [0.5, 0.6) is 0 Å². The lowest BCUT2D eigenvalue weighted by atomic mass is 10.2. The van der Waals surface area contributed by atoms with Crippen molar-refractivity contribution in [3.05, 3.63) is 40.8 Å². The fraction of sp³-hybridized carbons (Fsp3) is 0.0909. The van der Waals surface area contributed by atoms with E-state index in [0.29, 0.717) is 0 Å². The molecule has 1 N–H and O–H groups in total. The lowest BCUT2D eigenvalue weighted by Crippen LogP contribution is -1.96. The van der Waals surface area contributed by atoms with E-state index in [2.05, 4.69) is 20.7 Å². The van der Waals surface area contributed by atoms with Crippen LogP contribution in [0, 0.1) is 0 Å². The first-order chi connectivity index (χ1) is 7.93. The highest BCUT2D eigenvalue weighted by Crippen LogP contribution is 2.27. The molecule has 0 amide bonds. The van der Waals surface area contributed by atoms with Gasteiger partial charge in [0, 0.05) is 17.0 Å². The highest BCUT2D eigenvalue weighted by molar-refractivity contribution is 7.12. The quantitative estimate of drug-likeness (QED) is 0.771. The molecular formula is C11H9N3S2. The summed E-state index contributed by atoms with van der Waals surface area (Å²) in [5, 5.41) is 8.76. The van der Waals surface area contributed by atoms with Gasteiger partial charge in [-0.25, -0.2) is 4.98 Å². The number of rotatable bonds is 3. The zero-order chi connectivity index (χ0) is 10.8. The van der Waals surface area contributed by atoms with E-state index in [1.807, 2.05) is 29.8 Å². The summed E-state index contributed by atoms with van der Waals surface area (Å²) >= 11 is 3.16. The van der Waals surface area contributed by atoms with E-state index in [1.54, 1.807) is 11.3 Å². The number of anilines is 1. The second-order valence-corrected chi connectivity index (χ2v) is 5.06. The number of aromatic nitrogens is 2. The number of thiazole rings is 1. The van der Waals surface area contributed by atoms with Gasteiger partial charge in [0.25, 0.3) is 0 Å². The Bertz CT molecular complexity index is 586. The van der Waals surface area contributed by atoms with E-state index in [0.717, 1.165) is 22.1 Å². The normalized spacial score (nSPS) is 10.8. The number of benzene rings is 1. The summed E-state index contributed by atoms with van der Waals surface area (Å²) in [5.41, 5.74) is 1.05. The Labute approximate surface area is 101 Å². The van der Waals surface area contributed by atoms with Gasteiger partial charge in [-0.3, -0.25) is 0 Å². The molecule has 16 heavy (non-hydrogen) atoms. The number of fused-ring (bicyclic) bond motifs is 1. The molecule has 3 rings (SSSR count). The second kappa shape index (κ2) is 4.19. The summed E-state index contributed by atoms with van der Waals surface area (Å²) in [5.74, 6) is 0. The summed E-state index contributed by atoms with van der Waals surface area (Å²) < 4.78 is 4.38. The number of nitrogens with zero attached hydrogens (tertiary/aromatic N) is 2. The van der Waals surface area contributed by atoms with Crippen LogP contribution in [-0.2, 0) is 6.54 Å². The highest BCUT2D eigenvalue weighted by Gasteiger charge is 2.04. The molecule has 0 aliphatic heterocycles. The molecule has 0 unspecified atom stereocenters. The summed E-state index contributed by atoms with van der Waals surface area (Å²) in [4.78, 5) is 4.24. The average Bonchev–Trinajstić information content (AvgIpc) is 2.96. The van der Waals surface area contributed by atoms with Crippen molar-refractivity contribution in [3.8, 4) is 0 Å². The molecule has 0 radical (unpaired) electrons. The van der Waals surface area contributed by atoms with E-state index in [4.69, 9.17) is 0 Å². The number of hydrogen-bond acceptors (Lipinski definition) is 5. The van der Waals surface area contributed by atoms with Crippen molar-refractivity contribution in [2.24, 2.45) is 0 Å². The van der Waals surface area contributed by atoms with Gasteiger partial charge >= 0.3 is 0 Å². The Morgan fingerprint density at radius 3 is 3.06 bits per heavy atom. The van der Waals surface area contributed by atoms with Crippen LogP contribution in [0.4, 0.5) is 5.00 Å². The fourth-order valence-corrected chi connectivity index (χ4v) is 2.83. The van der Waals surface area contributed by atoms with Gasteiger partial charge in [0.2, 0.25) is 0 Å². The summed E-state index contributed by atoms with van der Waals surface area (Å²) in [6, 6.07) is 8.15. The standard InChI is InChI=1S/C11H9N3S2/c1-2-4-9-8(3-1)11(16-14-9)13-7-10-12-5-6-15-10/h1-6,13H,7H2. The Balaban J connectivity index is 1.84. The lowest BCUT2D eigenvalue weighted by Gasteiger charge is -2.00. The summed E-state index contributed by atoms with van der Waals surface area (Å²) in [7, 11) is 0. The molecule has 0 bridgehead atoms. The third kappa shape index (κ3) is 1.79. The Kier molecular flexibility index (Phi) is 2.55. The van der Waals surface area contributed by atoms with Crippen LogP contribution in [0.3, 0.4) is 0 Å². The van der Waals surface area contributed by atoms with Crippen LogP contribution in [0.15, 0.2) is 35.8 Å². The predicted molar refractivity (Wildman–Crippen MR) is 69.1 cm³/mol. The molecule has 0 fully saturated rings. The maximum atomic E-state index is 4.38. The van der Waals surface area contributed by atoms with E-state index >= 15 is 0 Å². The minimum atomic E-state index is 0.768. The average molecular weight is 247 g/mol. The van der Waals surface area contributed by atoms with Crippen LogP contribution in [-0.4, -0.2) is 9.36 Å². The molecule has 3 nitrogen and oxygen atoms in total. The van der Waals surface area contributed by atoms with Crippen molar-refractivity contribution in [1.29, 1.82) is 0 Å². The Morgan fingerprint density at radius 1 is 1.25 bits per heavy atom. The predicted octanol–water partition coefficient (Wildman–Crippen LogP) is 3.36. The molecule has 0 atom stereocenters. The van der Waals surface area contributed by atoms with Crippen molar-refractivity contribution in [2.75, 3.05) is 5.32 Å². The van der Waals surface area contributed by atoms with Crippen molar-refractivity contribution in [2.45, 2.75) is 6.54 Å². The van der Waals surface area contributed by atoms with Gasteiger partial charge in [-0.1, -0.05) is 12.1 Å². The van der Waals surface area contributed by atoms with Crippen molar-refractivity contribution in [3.63, 3.8) is 0 Å². The summed E-state index contributed by atoms with van der Waals surface area (Å²) in [6.45, 7) is 0.768. The Morgan fingerprint density at radius 2 is 2.19 bits per heavy atom. The molecule has 2 heterocycles. The van der Waals surface area contributed by atoms with Gasteiger partial charge in [-0.2, -0.15) is 4.37 Å². The van der Waals surface area contributed by atoms with E-state index in [9.17, 15) is 0 Å². The maximum absolute atomic E-state index is 4.38. The van der Waals surface area contributed by atoms with Gasteiger partial charge in [0.15, 0.2) is 0 Å². The monoisotopic (exact) mass is 247 g/mol. The highest BCUT2D eigenvalue weighted by atomic mass is 32.1. The van der Waals surface area contributed by atoms with Gasteiger partial charge in [-0.05, 0) is 23.7 Å². The molecule has 0 aliphatic rings. The lowest BCUT2D eigenvalue weighted by molar-refractivity contribution is 1.11. The van der Waals surface area contributed by atoms with Gasteiger partial charge in [0.05, 0.1) is 12.1 Å². The van der Waals surface area contributed by atoms with Crippen LogP contribution >= 0.6 is 22.9 Å². The minimum Gasteiger partial charge on any atom is -0.369 e. The van der Waals surface area contributed by atoms with Crippen LogP contribution in [0.25, 0.3) is 10.9 Å². The summed E-state index contributed by atoms with van der Waals surface area (Å²) in [6.07, 6.45) is 1.83. The van der Waals surface area contributed by atoms with Crippen LogP contribution < -0.4 is 5.32 Å². The molecule has 0 aliphatic carbocycles.